The fourth-order valence-electron chi connectivity index (χ4n) is 1.97. The minimum absolute atomic E-state index is 0.327. The number of ether oxygens (including phenoxy) is 1. The Hall–Kier alpha value is -2.14. The zero-order valence-electron chi connectivity index (χ0n) is 11.1. The van der Waals surface area contributed by atoms with Crippen LogP contribution in [0.2, 0.25) is 0 Å². The van der Waals surface area contributed by atoms with E-state index in [0.717, 1.165) is 15.3 Å². The summed E-state index contributed by atoms with van der Waals surface area (Å²) in [6.07, 6.45) is 0. The first-order valence-corrected chi connectivity index (χ1v) is 6.95. The van der Waals surface area contributed by atoms with Gasteiger partial charge in [-0.3, -0.25) is 0 Å². The molecule has 3 nitrogen and oxygen atoms in total. The number of hydrogen-bond acceptors (Lipinski definition) is 4. The molecule has 0 unspecified atom stereocenters. The van der Waals surface area contributed by atoms with Crippen molar-refractivity contribution in [2.24, 2.45) is 0 Å². The highest BCUT2D eigenvalue weighted by atomic mass is 32.1. The van der Waals surface area contributed by atoms with Gasteiger partial charge in [-0.25, -0.2) is 9.37 Å². The molecule has 0 saturated carbocycles. The minimum Gasteiger partial charge on any atom is -0.494 e. The van der Waals surface area contributed by atoms with Crippen molar-refractivity contribution in [3.8, 4) is 5.75 Å². The monoisotopic (exact) mass is 288 g/mol. The van der Waals surface area contributed by atoms with Crippen LogP contribution in [0.5, 0.6) is 5.75 Å². The number of fused-ring (bicyclic) bond motifs is 1. The van der Waals surface area contributed by atoms with E-state index in [-0.39, 0.29) is 5.82 Å². The summed E-state index contributed by atoms with van der Waals surface area (Å²) in [5.41, 5.74) is 2.83. The van der Waals surface area contributed by atoms with Gasteiger partial charge in [0.25, 0.3) is 0 Å². The van der Waals surface area contributed by atoms with Gasteiger partial charge in [0.15, 0.2) is 5.13 Å². The summed E-state index contributed by atoms with van der Waals surface area (Å²) >= 11 is 1.55. The van der Waals surface area contributed by atoms with Gasteiger partial charge < -0.3 is 10.1 Å². The second kappa shape index (κ2) is 5.09. The SMILES string of the molecule is COc1cc(F)ccc1Nc1nc2cc(C)ccc2s1. The molecule has 5 heteroatoms. The fourth-order valence-corrected chi connectivity index (χ4v) is 2.83. The molecule has 0 spiro atoms. The first-order valence-electron chi connectivity index (χ1n) is 6.13. The topological polar surface area (TPSA) is 34.1 Å². The van der Waals surface area contributed by atoms with Gasteiger partial charge in [-0.15, -0.1) is 0 Å². The molecule has 102 valence electrons. The molecule has 0 bridgehead atoms. The Labute approximate surface area is 120 Å². The second-order valence-corrected chi connectivity index (χ2v) is 5.49. The largest absolute Gasteiger partial charge is 0.494 e. The van der Waals surface area contributed by atoms with Crippen LogP contribution in [0.1, 0.15) is 5.56 Å². The predicted octanol–water partition coefficient (Wildman–Crippen LogP) is 4.50. The van der Waals surface area contributed by atoms with Gasteiger partial charge in [0.05, 0.1) is 23.0 Å². The van der Waals surface area contributed by atoms with E-state index in [9.17, 15) is 4.39 Å². The number of aryl methyl sites for hydroxylation is 1. The Morgan fingerprint density at radius 1 is 1.20 bits per heavy atom. The average molecular weight is 288 g/mol. The van der Waals surface area contributed by atoms with Gasteiger partial charge in [-0.1, -0.05) is 17.4 Å². The molecule has 0 aliphatic rings. The molecule has 1 heterocycles. The number of benzene rings is 2. The molecule has 0 fully saturated rings. The van der Waals surface area contributed by atoms with Crippen LogP contribution in [0.4, 0.5) is 15.2 Å². The van der Waals surface area contributed by atoms with E-state index in [2.05, 4.69) is 22.4 Å². The standard InChI is InChI=1S/C15H13FN2OS/c1-9-3-6-14-12(7-9)18-15(20-14)17-11-5-4-10(16)8-13(11)19-2/h3-8H,1-2H3,(H,17,18). The number of aromatic nitrogens is 1. The quantitative estimate of drug-likeness (QED) is 0.770. The van der Waals surface area contributed by atoms with E-state index in [1.165, 1.54) is 24.8 Å². The van der Waals surface area contributed by atoms with Crippen molar-refractivity contribution >= 4 is 32.4 Å². The molecule has 0 radical (unpaired) electrons. The van der Waals surface area contributed by atoms with Gasteiger partial charge in [0.1, 0.15) is 11.6 Å². The third-order valence-electron chi connectivity index (χ3n) is 2.95. The molecule has 20 heavy (non-hydrogen) atoms. The third-order valence-corrected chi connectivity index (χ3v) is 3.90. The molecular weight excluding hydrogens is 275 g/mol. The molecule has 2 aromatic carbocycles. The lowest BCUT2D eigenvalue weighted by Crippen LogP contribution is -1.94. The van der Waals surface area contributed by atoms with E-state index < -0.39 is 0 Å². The van der Waals surface area contributed by atoms with Crippen LogP contribution in [0.15, 0.2) is 36.4 Å². The number of anilines is 2. The number of nitrogens with zero attached hydrogens (tertiary/aromatic N) is 1. The number of methoxy groups -OCH3 is 1. The van der Waals surface area contributed by atoms with Crippen LogP contribution in [0, 0.1) is 12.7 Å². The van der Waals surface area contributed by atoms with Crippen LogP contribution < -0.4 is 10.1 Å². The zero-order valence-corrected chi connectivity index (χ0v) is 11.9. The predicted molar refractivity (Wildman–Crippen MR) is 80.6 cm³/mol. The number of hydrogen-bond donors (Lipinski definition) is 1. The highest BCUT2D eigenvalue weighted by Gasteiger charge is 2.08. The Balaban J connectivity index is 1.96. The number of halogens is 1. The summed E-state index contributed by atoms with van der Waals surface area (Å²) in [5, 5.41) is 3.94. The molecule has 0 aliphatic carbocycles. The molecule has 0 atom stereocenters. The Bertz CT molecular complexity index is 770. The van der Waals surface area contributed by atoms with Crippen LogP contribution in [0.25, 0.3) is 10.2 Å². The molecule has 0 aliphatic heterocycles. The molecule has 1 aromatic heterocycles. The third kappa shape index (κ3) is 2.44. The van der Waals surface area contributed by atoms with Crippen molar-refractivity contribution in [1.82, 2.24) is 4.98 Å². The normalized spacial score (nSPS) is 10.8. The maximum absolute atomic E-state index is 13.2. The molecule has 0 amide bonds. The minimum atomic E-state index is -0.327. The summed E-state index contributed by atoms with van der Waals surface area (Å²) in [6, 6.07) is 10.5. The lowest BCUT2D eigenvalue weighted by molar-refractivity contribution is 0.413. The van der Waals surface area contributed by atoms with E-state index in [1.54, 1.807) is 17.4 Å². The van der Waals surface area contributed by atoms with Crippen LogP contribution in [0.3, 0.4) is 0 Å². The van der Waals surface area contributed by atoms with Crippen molar-refractivity contribution in [2.45, 2.75) is 6.92 Å². The van der Waals surface area contributed by atoms with Gasteiger partial charge in [0, 0.05) is 6.07 Å². The van der Waals surface area contributed by atoms with Gasteiger partial charge in [-0.2, -0.15) is 0 Å². The summed E-state index contributed by atoms with van der Waals surface area (Å²) in [7, 11) is 1.52. The van der Waals surface area contributed by atoms with Gasteiger partial charge >= 0.3 is 0 Å². The molecular formula is C15H13FN2OS. The summed E-state index contributed by atoms with van der Waals surface area (Å²) in [4.78, 5) is 4.52. The van der Waals surface area contributed by atoms with E-state index in [1.807, 2.05) is 13.0 Å². The summed E-state index contributed by atoms with van der Waals surface area (Å²) < 4.78 is 19.4. The lowest BCUT2D eigenvalue weighted by atomic mass is 10.2. The smallest absolute Gasteiger partial charge is 0.188 e. The van der Waals surface area contributed by atoms with E-state index in [4.69, 9.17) is 4.74 Å². The van der Waals surface area contributed by atoms with Crippen LogP contribution in [-0.4, -0.2) is 12.1 Å². The maximum atomic E-state index is 13.2. The van der Waals surface area contributed by atoms with Crippen molar-refractivity contribution in [1.29, 1.82) is 0 Å². The fraction of sp³-hybridized carbons (Fsp3) is 0.133. The Morgan fingerprint density at radius 2 is 2.05 bits per heavy atom. The van der Waals surface area contributed by atoms with Crippen LogP contribution >= 0.6 is 11.3 Å². The first-order chi connectivity index (χ1) is 9.65. The van der Waals surface area contributed by atoms with Crippen molar-refractivity contribution < 1.29 is 9.13 Å². The molecule has 0 saturated heterocycles. The van der Waals surface area contributed by atoms with Crippen LogP contribution in [-0.2, 0) is 0 Å². The summed E-state index contributed by atoms with van der Waals surface area (Å²) in [6.45, 7) is 2.04. The highest BCUT2D eigenvalue weighted by molar-refractivity contribution is 7.22. The highest BCUT2D eigenvalue weighted by Crippen LogP contribution is 2.32. The van der Waals surface area contributed by atoms with Crippen molar-refractivity contribution in [3.05, 3.63) is 47.8 Å². The number of rotatable bonds is 3. The van der Waals surface area contributed by atoms with Crippen molar-refractivity contribution in [3.63, 3.8) is 0 Å². The van der Waals surface area contributed by atoms with Crippen molar-refractivity contribution in [2.75, 3.05) is 12.4 Å². The first kappa shape index (κ1) is 12.9. The average Bonchev–Trinajstić information content (AvgIpc) is 2.82. The van der Waals surface area contributed by atoms with E-state index in [0.29, 0.717) is 11.4 Å². The zero-order chi connectivity index (χ0) is 14.1. The molecule has 1 N–H and O–H groups in total. The molecule has 3 aromatic rings. The summed E-state index contributed by atoms with van der Waals surface area (Å²) in [5.74, 6) is 0.132. The van der Waals surface area contributed by atoms with E-state index >= 15 is 0 Å². The maximum Gasteiger partial charge on any atom is 0.188 e. The van der Waals surface area contributed by atoms with Gasteiger partial charge in [-0.05, 0) is 36.8 Å². The molecule has 3 rings (SSSR count). The number of nitrogens with one attached hydrogen (secondary N) is 1. The second-order valence-electron chi connectivity index (χ2n) is 4.46. The number of thiazole rings is 1. The lowest BCUT2D eigenvalue weighted by Gasteiger charge is -2.08. The van der Waals surface area contributed by atoms with Gasteiger partial charge in [0.2, 0.25) is 0 Å². The Kier molecular flexibility index (Phi) is 3.28. The Morgan fingerprint density at radius 3 is 2.85 bits per heavy atom.